The minimum absolute atomic E-state index is 0.0681. The van der Waals surface area contributed by atoms with E-state index in [0.717, 1.165) is 5.52 Å². The van der Waals surface area contributed by atoms with Crippen molar-refractivity contribution < 1.29 is 5.11 Å². The van der Waals surface area contributed by atoms with Crippen molar-refractivity contribution >= 4 is 10.9 Å². The summed E-state index contributed by atoms with van der Waals surface area (Å²) >= 11 is 0. The average molecular weight is 215 g/mol. The highest BCUT2D eigenvalue weighted by Crippen LogP contribution is 2.25. The van der Waals surface area contributed by atoms with Crippen molar-refractivity contribution in [3.8, 4) is 5.75 Å². The summed E-state index contributed by atoms with van der Waals surface area (Å²) in [7, 11) is 1.71. The maximum atomic E-state index is 11.9. The Bertz CT molecular complexity index is 611. The summed E-state index contributed by atoms with van der Waals surface area (Å²) in [5.74, 6) is 0.0681. The molecule has 1 aromatic carbocycles. The number of aryl methyl sites for hydroxylation is 1. The molecule has 2 aromatic rings. The quantitative estimate of drug-likeness (QED) is 0.778. The molecule has 0 unspecified atom stereocenters. The maximum absolute atomic E-state index is 11.9. The fourth-order valence-corrected chi connectivity index (χ4v) is 1.87. The molecule has 0 aliphatic heterocycles. The van der Waals surface area contributed by atoms with Gasteiger partial charge in [-0.1, -0.05) is 18.2 Å². The molecule has 0 saturated carbocycles. The van der Waals surface area contributed by atoms with Crippen LogP contribution in [0.15, 0.2) is 41.7 Å². The summed E-state index contributed by atoms with van der Waals surface area (Å²) < 4.78 is 1.55. The highest BCUT2D eigenvalue weighted by Gasteiger charge is 2.12. The van der Waals surface area contributed by atoms with Gasteiger partial charge in [0.2, 0.25) is 0 Å². The number of hydrogen-bond donors (Lipinski definition) is 1. The van der Waals surface area contributed by atoms with Crippen LogP contribution in [0.25, 0.3) is 10.9 Å². The van der Waals surface area contributed by atoms with E-state index in [1.54, 1.807) is 23.8 Å². The Morgan fingerprint density at radius 3 is 2.81 bits per heavy atom. The standard InChI is InChI=1S/C13H13NO2/c1-3-6-10-12(15)9-7-4-5-8-11(9)14(2)13(10)16/h3-5,7-8,15H,1,6H2,2H3. The molecule has 82 valence electrons. The van der Waals surface area contributed by atoms with Crippen LogP contribution in [-0.2, 0) is 13.5 Å². The van der Waals surface area contributed by atoms with Gasteiger partial charge in [0.15, 0.2) is 0 Å². The van der Waals surface area contributed by atoms with Crippen molar-refractivity contribution in [2.75, 3.05) is 0 Å². The predicted molar refractivity (Wildman–Crippen MR) is 64.8 cm³/mol. The van der Waals surface area contributed by atoms with E-state index in [-0.39, 0.29) is 11.3 Å². The van der Waals surface area contributed by atoms with Gasteiger partial charge in [-0.3, -0.25) is 4.79 Å². The topological polar surface area (TPSA) is 42.2 Å². The van der Waals surface area contributed by atoms with E-state index >= 15 is 0 Å². The van der Waals surface area contributed by atoms with E-state index < -0.39 is 0 Å². The van der Waals surface area contributed by atoms with Gasteiger partial charge in [-0.2, -0.15) is 0 Å². The summed E-state index contributed by atoms with van der Waals surface area (Å²) in [6, 6.07) is 7.30. The lowest BCUT2D eigenvalue weighted by Crippen LogP contribution is -2.21. The molecule has 0 amide bonds. The number of aromatic nitrogens is 1. The minimum atomic E-state index is -0.170. The second kappa shape index (κ2) is 3.85. The lowest BCUT2D eigenvalue weighted by atomic mass is 10.1. The summed E-state index contributed by atoms with van der Waals surface area (Å²) in [5.41, 5.74) is 0.963. The first-order valence-corrected chi connectivity index (χ1v) is 5.07. The van der Waals surface area contributed by atoms with Crippen molar-refractivity contribution in [3.63, 3.8) is 0 Å². The Morgan fingerprint density at radius 2 is 2.12 bits per heavy atom. The second-order valence-electron chi connectivity index (χ2n) is 3.70. The van der Waals surface area contributed by atoms with Gasteiger partial charge in [-0.15, -0.1) is 6.58 Å². The van der Waals surface area contributed by atoms with E-state index in [1.165, 1.54) is 0 Å². The first kappa shape index (κ1) is 10.5. The van der Waals surface area contributed by atoms with Gasteiger partial charge in [0.25, 0.3) is 5.56 Å². The molecule has 0 aliphatic carbocycles. The molecule has 3 nitrogen and oxygen atoms in total. The molecule has 1 aromatic heterocycles. The normalized spacial score (nSPS) is 10.6. The largest absolute Gasteiger partial charge is 0.507 e. The zero-order chi connectivity index (χ0) is 11.7. The second-order valence-corrected chi connectivity index (χ2v) is 3.70. The molecule has 0 radical (unpaired) electrons. The van der Waals surface area contributed by atoms with Gasteiger partial charge < -0.3 is 9.67 Å². The molecule has 0 bridgehead atoms. The van der Waals surface area contributed by atoms with Crippen molar-refractivity contribution in [1.29, 1.82) is 0 Å². The van der Waals surface area contributed by atoms with E-state index in [9.17, 15) is 9.90 Å². The van der Waals surface area contributed by atoms with Crippen molar-refractivity contribution in [1.82, 2.24) is 4.57 Å². The van der Waals surface area contributed by atoms with Crippen LogP contribution in [-0.4, -0.2) is 9.67 Å². The fourth-order valence-electron chi connectivity index (χ4n) is 1.87. The molecule has 1 N–H and O–H groups in total. The van der Waals surface area contributed by atoms with Gasteiger partial charge in [0.1, 0.15) is 5.75 Å². The molecule has 0 saturated heterocycles. The Morgan fingerprint density at radius 1 is 1.44 bits per heavy atom. The van der Waals surface area contributed by atoms with Gasteiger partial charge in [-0.05, 0) is 18.6 Å². The number of rotatable bonds is 2. The summed E-state index contributed by atoms with van der Waals surface area (Å²) in [6.45, 7) is 3.59. The lowest BCUT2D eigenvalue weighted by molar-refractivity contribution is 0.473. The summed E-state index contributed by atoms with van der Waals surface area (Å²) in [4.78, 5) is 11.9. The third kappa shape index (κ3) is 1.41. The first-order chi connectivity index (χ1) is 7.66. The van der Waals surface area contributed by atoms with Crippen LogP contribution < -0.4 is 5.56 Å². The van der Waals surface area contributed by atoms with Crippen molar-refractivity contribution in [2.45, 2.75) is 6.42 Å². The van der Waals surface area contributed by atoms with Crippen LogP contribution in [0, 0.1) is 0 Å². The van der Waals surface area contributed by atoms with Crippen LogP contribution in [0.2, 0.25) is 0 Å². The molecular formula is C13H13NO2. The molecule has 0 aliphatic rings. The number of hydrogen-bond acceptors (Lipinski definition) is 2. The maximum Gasteiger partial charge on any atom is 0.258 e. The van der Waals surface area contributed by atoms with Crippen LogP contribution in [0.3, 0.4) is 0 Å². The molecule has 3 heteroatoms. The van der Waals surface area contributed by atoms with Crippen LogP contribution in [0.5, 0.6) is 5.75 Å². The average Bonchev–Trinajstić information content (AvgIpc) is 2.32. The Balaban J connectivity index is 2.94. The number of para-hydroxylation sites is 1. The van der Waals surface area contributed by atoms with Gasteiger partial charge in [0, 0.05) is 12.4 Å². The van der Waals surface area contributed by atoms with Crippen molar-refractivity contribution in [3.05, 3.63) is 52.8 Å². The smallest absolute Gasteiger partial charge is 0.258 e. The highest BCUT2D eigenvalue weighted by molar-refractivity contribution is 5.86. The first-order valence-electron chi connectivity index (χ1n) is 5.07. The summed E-state index contributed by atoms with van der Waals surface area (Å²) in [6.07, 6.45) is 1.99. The number of allylic oxidation sites excluding steroid dienone is 1. The molecule has 16 heavy (non-hydrogen) atoms. The summed E-state index contributed by atoms with van der Waals surface area (Å²) in [5, 5.41) is 10.7. The lowest BCUT2D eigenvalue weighted by Gasteiger charge is -2.10. The van der Waals surface area contributed by atoms with E-state index in [1.807, 2.05) is 18.2 Å². The zero-order valence-electron chi connectivity index (χ0n) is 9.10. The monoisotopic (exact) mass is 215 g/mol. The number of pyridine rings is 1. The molecular weight excluding hydrogens is 202 g/mol. The third-order valence-corrected chi connectivity index (χ3v) is 2.72. The predicted octanol–water partition coefficient (Wildman–Crippen LogP) is 1.97. The van der Waals surface area contributed by atoms with Gasteiger partial charge in [-0.25, -0.2) is 0 Å². The van der Waals surface area contributed by atoms with Crippen LogP contribution in [0.4, 0.5) is 0 Å². The Labute approximate surface area is 93.3 Å². The Kier molecular flexibility index (Phi) is 2.52. The molecule has 0 spiro atoms. The SMILES string of the molecule is C=CCc1c(O)c2ccccc2n(C)c1=O. The molecule has 0 atom stereocenters. The number of nitrogens with zero attached hydrogens (tertiary/aromatic N) is 1. The highest BCUT2D eigenvalue weighted by atomic mass is 16.3. The third-order valence-electron chi connectivity index (χ3n) is 2.72. The van der Waals surface area contributed by atoms with Crippen LogP contribution >= 0.6 is 0 Å². The van der Waals surface area contributed by atoms with E-state index in [2.05, 4.69) is 6.58 Å². The number of fused-ring (bicyclic) bond motifs is 1. The zero-order valence-corrected chi connectivity index (χ0v) is 9.10. The Hall–Kier alpha value is -2.03. The molecule has 0 fully saturated rings. The van der Waals surface area contributed by atoms with Crippen LogP contribution in [0.1, 0.15) is 5.56 Å². The van der Waals surface area contributed by atoms with Gasteiger partial charge in [0.05, 0.1) is 11.1 Å². The fraction of sp³-hybridized carbons (Fsp3) is 0.154. The van der Waals surface area contributed by atoms with Crippen molar-refractivity contribution in [2.24, 2.45) is 7.05 Å². The van der Waals surface area contributed by atoms with E-state index in [4.69, 9.17) is 0 Å². The number of benzene rings is 1. The number of aromatic hydroxyl groups is 1. The van der Waals surface area contributed by atoms with Gasteiger partial charge >= 0.3 is 0 Å². The molecule has 1 heterocycles. The molecule has 2 rings (SSSR count). The minimum Gasteiger partial charge on any atom is -0.507 e. The van der Waals surface area contributed by atoms with E-state index in [0.29, 0.717) is 17.4 Å².